The lowest BCUT2D eigenvalue weighted by Crippen LogP contribution is -2.49. The van der Waals surface area contributed by atoms with E-state index < -0.39 is 6.29 Å². The van der Waals surface area contributed by atoms with Crippen LogP contribution in [0.25, 0.3) is 0 Å². The maximum Gasteiger partial charge on any atom is 0.257 e. The molecule has 6 heteroatoms. The summed E-state index contributed by atoms with van der Waals surface area (Å²) in [4.78, 5) is 17.3. The summed E-state index contributed by atoms with van der Waals surface area (Å²) in [5.74, 6) is 0.451. The number of hydrogen-bond acceptors (Lipinski definition) is 4. The van der Waals surface area contributed by atoms with E-state index in [0.717, 1.165) is 0 Å². The minimum Gasteiger partial charge on any atom is -0.336 e. The van der Waals surface area contributed by atoms with Gasteiger partial charge in [-0.3, -0.25) is 10.5 Å². The summed E-state index contributed by atoms with van der Waals surface area (Å²) < 4.78 is 0. The van der Waals surface area contributed by atoms with E-state index in [1.54, 1.807) is 17.1 Å². The fourth-order valence-electron chi connectivity index (χ4n) is 1.32. The number of carbonyl (C=O) groups is 1. The van der Waals surface area contributed by atoms with Gasteiger partial charge in [0.1, 0.15) is 5.84 Å². The van der Waals surface area contributed by atoms with E-state index in [9.17, 15) is 4.79 Å². The molecule has 0 spiro atoms. The number of aliphatic imine (C=N–C) groups is 1. The molecule has 0 fully saturated rings. The number of likely N-dealkylation sites (N-methyl/N-ethyl adjacent to an activating group) is 1. The summed E-state index contributed by atoms with van der Waals surface area (Å²) in [5.41, 5.74) is 6.06. The van der Waals surface area contributed by atoms with Crippen LogP contribution in [0.5, 0.6) is 0 Å². The second kappa shape index (κ2) is 3.81. The molecule has 0 aromatic carbocycles. The third kappa shape index (κ3) is 1.64. The number of rotatable bonds is 0. The number of nitrogens with one attached hydrogen (secondary N) is 1. The number of carbonyl (C=O) groups excluding carboxylic acids is 1. The standard InChI is InChI=1S/C8H10N4O.ClH/c1-12-4-2-3-5-6(12)10-8(9)11-7(5)13;/h2-4,8H,9H2,1H3,(H,11,13);1H. The van der Waals surface area contributed by atoms with Crippen LogP contribution in [0, 0.1) is 0 Å². The Balaban J connectivity index is 0.000000980. The molecule has 1 unspecified atom stereocenters. The van der Waals surface area contributed by atoms with Gasteiger partial charge in [0.15, 0.2) is 6.29 Å². The fraction of sp³-hybridized carbons (Fsp3) is 0.250. The zero-order valence-corrected chi connectivity index (χ0v) is 8.41. The van der Waals surface area contributed by atoms with Gasteiger partial charge in [-0.25, -0.2) is 4.99 Å². The summed E-state index contributed by atoms with van der Waals surface area (Å²) in [6.07, 6.45) is 4.71. The van der Waals surface area contributed by atoms with Gasteiger partial charge in [0.2, 0.25) is 0 Å². The Hall–Kier alpha value is -1.33. The summed E-state index contributed by atoms with van der Waals surface area (Å²) in [5, 5.41) is 2.52. The van der Waals surface area contributed by atoms with E-state index in [-0.39, 0.29) is 18.3 Å². The van der Waals surface area contributed by atoms with Gasteiger partial charge in [0, 0.05) is 13.2 Å². The van der Waals surface area contributed by atoms with Crippen molar-refractivity contribution in [2.45, 2.75) is 6.29 Å². The molecule has 76 valence electrons. The van der Waals surface area contributed by atoms with Crippen LogP contribution in [0.4, 0.5) is 0 Å². The fourth-order valence-corrected chi connectivity index (χ4v) is 1.32. The van der Waals surface area contributed by atoms with E-state index >= 15 is 0 Å². The second-order valence-corrected chi connectivity index (χ2v) is 2.90. The predicted octanol–water partition coefficient (Wildman–Crippen LogP) is -0.436. The van der Waals surface area contributed by atoms with E-state index in [1.807, 2.05) is 13.2 Å². The van der Waals surface area contributed by atoms with Gasteiger partial charge >= 0.3 is 0 Å². The Morgan fingerprint density at radius 3 is 3.07 bits per heavy atom. The van der Waals surface area contributed by atoms with E-state index in [1.165, 1.54) is 0 Å². The average Bonchev–Trinajstić information content (AvgIpc) is 2.07. The molecule has 2 aliphatic rings. The van der Waals surface area contributed by atoms with Crippen molar-refractivity contribution < 1.29 is 4.79 Å². The normalized spacial score (nSPS) is 24.3. The molecule has 0 bridgehead atoms. The van der Waals surface area contributed by atoms with Gasteiger partial charge in [-0.05, 0) is 12.2 Å². The number of amidine groups is 1. The maximum absolute atomic E-state index is 11.4. The van der Waals surface area contributed by atoms with Crippen LogP contribution in [0.1, 0.15) is 0 Å². The van der Waals surface area contributed by atoms with Gasteiger partial charge in [-0.1, -0.05) is 0 Å². The third-order valence-electron chi connectivity index (χ3n) is 1.93. The minimum absolute atomic E-state index is 0. The number of nitrogens with zero attached hydrogens (tertiary/aromatic N) is 2. The highest BCUT2D eigenvalue weighted by Crippen LogP contribution is 2.13. The minimum atomic E-state index is -0.631. The molecule has 0 aliphatic carbocycles. The quantitative estimate of drug-likeness (QED) is 0.575. The van der Waals surface area contributed by atoms with E-state index in [4.69, 9.17) is 5.73 Å². The zero-order chi connectivity index (χ0) is 9.42. The lowest BCUT2D eigenvalue weighted by molar-refractivity contribution is -0.117. The predicted molar refractivity (Wildman–Crippen MR) is 55.8 cm³/mol. The first kappa shape index (κ1) is 10.7. The van der Waals surface area contributed by atoms with E-state index in [0.29, 0.717) is 11.4 Å². The average molecular weight is 215 g/mol. The third-order valence-corrected chi connectivity index (χ3v) is 1.93. The number of allylic oxidation sites excluding steroid dienone is 2. The largest absolute Gasteiger partial charge is 0.336 e. The lowest BCUT2D eigenvalue weighted by atomic mass is 10.1. The molecular weight excluding hydrogens is 204 g/mol. The molecule has 0 radical (unpaired) electrons. The SMILES string of the molecule is CN1C=CC=C2C(=O)NC(N)N=C21.Cl. The Morgan fingerprint density at radius 1 is 1.64 bits per heavy atom. The molecule has 0 saturated heterocycles. The summed E-state index contributed by atoms with van der Waals surface area (Å²) >= 11 is 0. The van der Waals surface area contributed by atoms with Crippen molar-refractivity contribution in [3.8, 4) is 0 Å². The maximum atomic E-state index is 11.4. The van der Waals surface area contributed by atoms with Crippen LogP contribution in [0.15, 0.2) is 28.9 Å². The Kier molecular flexibility index (Phi) is 2.93. The van der Waals surface area contributed by atoms with Crippen molar-refractivity contribution in [2.24, 2.45) is 10.7 Å². The summed E-state index contributed by atoms with van der Waals surface area (Å²) in [7, 11) is 1.83. The van der Waals surface area contributed by atoms with Crippen LogP contribution in [-0.4, -0.2) is 30.0 Å². The van der Waals surface area contributed by atoms with Gasteiger partial charge in [-0.2, -0.15) is 0 Å². The zero-order valence-electron chi connectivity index (χ0n) is 7.60. The molecular formula is C8H11ClN4O. The van der Waals surface area contributed by atoms with Gasteiger partial charge < -0.3 is 10.2 Å². The topological polar surface area (TPSA) is 70.7 Å². The summed E-state index contributed by atoms with van der Waals surface area (Å²) in [6.45, 7) is 0. The molecule has 2 rings (SSSR count). The second-order valence-electron chi connectivity index (χ2n) is 2.90. The van der Waals surface area contributed by atoms with Crippen LogP contribution in [0.3, 0.4) is 0 Å². The highest BCUT2D eigenvalue weighted by atomic mass is 35.5. The lowest BCUT2D eigenvalue weighted by Gasteiger charge is -2.27. The molecule has 0 saturated carbocycles. The highest BCUT2D eigenvalue weighted by Gasteiger charge is 2.26. The first-order valence-electron chi connectivity index (χ1n) is 3.94. The molecule has 0 aromatic rings. The van der Waals surface area contributed by atoms with Crippen LogP contribution in [0.2, 0.25) is 0 Å². The van der Waals surface area contributed by atoms with Gasteiger partial charge in [0.25, 0.3) is 5.91 Å². The number of amides is 1. The molecule has 0 aromatic heterocycles. The van der Waals surface area contributed by atoms with E-state index in [2.05, 4.69) is 10.3 Å². The number of fused-ring (bicyclic) bond motifs is 1. The molecule has 2 aliphatic heterocycles. The monoisotopic (exact) mass is 214 g/mol. The van der Waals surface area contributed by atoms with Gasteiger partial charge in [-0.15, -0.1) is 12.4 Å². The van der Waals surface area contributed by atoms with Gasteiger partial charge in [0.05, 0.1) is 5.57 Å². The van der Waals surface area contributed by atoms with Crippen LogP contribution >= 0.6 is 12.4 Å². The molecule has 14 heavy (non-hydrogen) atoms. The van der Waals surface area contributed by atoms with Crippen molar-refractivity contribution in [3.63, 3.8) is 0 Å². The Morgan fingerprint density at radius 2 is 2.36 bits per heavy atom. The molecule has 2 heterocycles. The van der Waals surface area contributed by atoms with Crippen molar-refractivity contribution >= 4 is 24.1 Å². The highest BCUT2D eigenvalue weighted by molar-refractivity contribution is 6.22. The first-order valence-corrected chi connectivity index (χ1v) is 3.94. The molecule has 3 N–H and O–H groups in total. The first-order chi connectivity index (χ1) is 6.18. The van der Waals surface area contributed by atoms with Crippen molar-refractivity contribution in [3.05, 3.63) is 23.9 Å². The molecule has 1 amide bonds. The molecule has 1 atom stereocenters. The number of nitrogens with two attached hydrogens (primary N) is 1. The van der Waals surface area contributed by atoms with Crippen LogP contribution < -0.4 is 11.1 Å². The van der Waals surface area contributed by atoms with Crippen LogP contribution in [-0.2, 0) is 4.79 Å². The number of hydrogen-bond donors (Lipinski definition) is 2. The molecule has 5 nitrogen and oxygen atoms in total. The van der Waals surface area contributed by atoms with Crippen molar-refractivity contribution in [1.29, 1.82) is 0 Å². The van der Waals surface area contributed by atoms with Crippen molar-refractivity contribution in [1.82, 2.24) is 10.2 Å². The Labute approximate surface area is 87.8 Å². The Bertz CT molecular complexity index is 347. The van der Waals surface area contributed by atoms with Crippen molar-refractivity contribution in [2.75, 3.05) is 7.05 Å². The number of halogens is 1. The summed E-state index contributed by atoms with van der Waals surface area (Å²) in [6, 6.07) is 0. The smallest absolute Gasteiger partial charge is 0.257 e.